The summed E-state index contributed by atoms with van der Waals surface area (Å²) in [4.78, 5) is 11.3. The molecule has 96 valence electrons. The molecular formula is C11H20BNO3S. The van der Waals surface area contributed by atoms with Crippen molar-refractivity contribution >= 4 is 24.6 Å². The topological polar surface area (TPSA) is 69.6 Å². The Kier molecular flexibility index (Phi) is 4.05. The second-order valence-electron chi connectivity index (χ2n) is 5.26. The van der Waals surface area contributed by atoms with Gasteiger partial charge in [0.05, 0.1) is 0 Å². The number of carboxylic acids is 1. The summed E-state index contributed by atoms with van der Waals surface area (Å²) in [7, 11) is 0. The SMILES string of the molecule is CB(O)CCCC12CCSC1CNC2C(=O)O. The highest BCUT2D eigenvalue weighted by molar-refractivity contribution is 8.00. The Balaban J connectivity index is 2.03. The summed E-state index contributed by atoms with van der Waals surface area (Å²) in [5.74, 6) is 0.359. The second-order valence-corrected chi connectivity index (χ2v) is 6.57. The first-order chi connectivity index (χ1) is 8.06. The third kappa shape index (κ3) is 2.49. The van der Waals surface area contributed by atoms with E-state index in [0.717, 1.165) is 37.9 Å². The smallest absolute Gasteiger partial charge is 0.321 e. The van der Waals surface area contributed by atoms with Crippen molar-refractivity contribution in [1.29, 1.82) is 0 Å². The predicted octanol–water partition coefficient (Wildman–Crippen LogP) is 0.928. The van der Waals surface area contributed by atoms with Crippen LogP contribution >= 0.6 is 11.8 Å². The van der Waals surface area contributed by atoms with E-state index in [2.05, 4.69) is 5.32 Å². The fourth-order valence-electron chi connectivity index (χ4n) is 3.23. The van der Waals surface area contributed by atoms with Crippen LogP contribution in [0.4, 0.5) is 0 Å². The van der Waals surface area contributed by atoms with Crippen molar-refractivity contribution in [3.05, 3.63) is 0 Å². The molecule has 2 fully saturated rings. The normalized spacial score (nSPS) is 35.9. The Morgan fingerprint density at radius 2 is 2.41 bits per heavy atom. The van der Waals surface area contributed by atoms with Crippen LogP contribution in [0.2, 0.25) is 13.1 Å². The number of carboxylic acid groups (broad SMARTS) is 1. The van der Waals surface area contributed by atoms with E-state index in [4.69, 9.17) is 0 Å². The summed E-state index contributed by atoms with van der Waals surface area (Å²) < 4.78 is 0. The number of aliphatic carboxylic acids is 1. The first-order valence-electron chi connectivity index (χ1n) is 6.32. The fraction of sp³-hybridized carbons (Fsp3) is 0.909. The number of nitrogens with one attached hydrogen (secondary N) is 1. The minimum absolute atomic E-state index is 0.0780. The Bertz CT molecular complexity index is 302. The molecule has 4 nitrogen and oxygen atoms in total. The second kappa shape index (κ2) is 5.20. The van der Waals surface area contributed by atoms with Gasteiger partial charge in [-0.25, -0.2) is 0 Å². The molecule has 3 unspecified atom stereocenters. The molecule has 0 radical (unpaired) electrons. The molecule has 0 spiro atoms. The van der Waals surface area contributed by atoms with Gasteiger partial charge in [-0.3, -0.25) is 4.79 Å². The first-order valence-corrected chi connectivity index (χ1v) is 7.37. The van der Waals surface area contributed by atoms with Crippen LogP contribution in [-0.4, -0.2) is 46.6 Å². The molecule has 2 saturated heterocycles. The van der Waals surface area contributed by atoms with Gasteiger partial charge >= 0.3 is 5.97 Å². The van der Waals surface area contributed by atoms with E-state index < -0.39 is 12.0 Å². The lowest BCUT2D eigenvalue weighted by atomic mass is 9.64. The molecular weight excluding hydrogens is 237 g/mol. The third-order valence-corrected chi connectivity index (χ3v) is 5.60. The van der Waals surface area contributed by atoms with Gasteiger partial charge in [-0.2, -0.15) is 11.8 Å². The lowest BCUT2D eigenvalue weighted by Crippen LogP contribution is -2.44. The average molecular weight is 257 g/mol. The summed E-state index contributed by atoms with van der Waals surface area (Å²) in [6, 6.07) is -0.392. The lowest BCUT2D eigenvalue weighted by molar-refractivity contribution is -0.142. The van der Waals surface area contributed by atoms with Crippen LogP contribution in [0.25, 0.3) is 0 Å². The molecule has 2 rings (SSSR count). The summed E-state index contributed by atoms with van der Waals surface area (Å²) in [5.41, 5.74) is -0.0780. The average Bonchev–Trinajstić information content (AvgIpc) is 2.73. The van der Waals surface area contributed by atoms with Gasteiger partial charge in [0.2, 0.25) is 0 Å². The maximum Gasteiger partial charge on any atom is 0.321 e. The molecule has 6 heteroatoms. The van der Waals surface area contributed by atoms with E-state index in [1.54, 1.807) is 6.82 Å². The summed E-state index contributed by atoms with van der Waals surface area (Å²) in [5, 5.41) is 22.2. The van der Waals surface area contributed by atoms with Gasteiger partial charge in [-0.05, 0) is 24.9 Å². The van der Waals surface area contributed by atoms with Crippen molar-refractivity contribution in [3.63, 3.8) is 0 Å². The van der Waals surface area contributed by atoms with Crippen LogP contribution in [0.15, 0.2) is 0 Å². The molecule has 0 aliphatic carbocycles. The number of fused-ring (bicyclic) bond motifs is 1. The Morgan fingerprint density at radius 1 is 1.65 bits per heavy atom. The van der Waals surface area contributed by atoms with E-state index in [-0.39, 0.29) is 12.3 Å². The molecule has 0 bridgehead atoms. The monoisotopic (exact) mass is 257 g/mol. The molecule has 17 heavy (non-hydrogen) atoms. The first kappa shape index (κ1) is 13.2. The molecule has 0 amide bonds. The Labute approximate surface area is 107 Å². The van der Waals surface area contributed by atoms with Gasteiger partial charge in [0.1, 0.15) is 6.04 Å². The van der Waals surface area contributed by atoms with Gasteiger partial charge in [-0.1, -0.05) is 13.2 Å². The van der Waals surface area contributed by atoms with Gasteiger partial charge in [0.25, 0.3) is 6.92 Å². The molecule has 0 aromatic carbocycles. The number of hydrogen-bond donors (Lipinski definition) is 3. The predicted molar refractivity (Wildman–Crippen MR) is 70.6 cm³/mol. The number of thioether (sulfide) groups is 1. The van der Waals surface area contributed by atoms with Crippen LogP contribution in [0.1, 0.15) is 19.3 Å². The summed E-state index contributed by atoms with van der Waals surface area (Å²) in [6.07, 6.45) is 3.59. The molecule has 0 saturated carbocycles. The highest BCUT2D eigenvalue weighted by Crippen LogP contribution is 2.51. The number of hydrogen-bond acceptors (Lipinski definition) is 4. The molecule has 0 aromatic rings. The summed E-state index contributed by atoms with van der Waals surface area (Å²) in [6.45, 7) is 2.33. The van der Waals surface area contributed by atoms with Crippen molar-refractivity contribution in [2.75, 3.05) is 12.3 Å². The zero-order chi connectivity index (χ0) is 12.5. The van der Waals surface area contributed by atoms with Gasteiger partial charge in [-0.15, -0.1) is 0 Å². The lowest BCUT2D eigenvalue weighted by Gasteiger charge is -2.32. The highest BCUT2D eigenvalue weighted by Gasteiger charge is 2.55. The molecule has 0 aromatic heterocycles. The van der Waals surface area contributed by atoms with E-state index in [1.165, 1.54) is 0 Å². The summed E-state index contributed by atoms with van der Waals surface area (Å²) >= 11 is 1.90. The Hall–Kier alpha value is -0.195. The van der Waals surface area contributed by atoms with Crippen LogP contribution in [0, 0.1) is 5.41 Å². The van der Waals surface area contributed by atoms with E-state index in [1.807, 2.05) is 11.8 Å². The van der Waals surface area contributed by atoms with Crippen LogP contribution < -0.4 is 5.32 Å². The molecule has 2 aliphatic rings. The Morgan fingerprint density at radius 3 is 3.06 bits per heavy atom. The maximum absolute atomic E-state index is 11.3. The van der Waals surface area contributed by atoms with Crippen molar-refractivity contribution in [2.24, 2.45) is 5.41 Å². The van der Waals surface area contributed by atoms with Gasteiger partial charge < -0.3 is 15.4 Å². The van der Waals surface area contributed by atoms with E-state index in [0.29, 0.717) is 5.25 Å². The van der Waals surface area contributed by atoms with Gasteiger partial charge in [0, 0.05) is 17.2 Å². The third-order valence-electron chi connectivity index (χ3n) is 4.12. The molecule has 3 N–H and O–H groups in total. The fourth-order valence-corrected chi connectivity index (χ4v) is 4.93. The van der Waals surface area contributed by atoms with Crippen molar-refractivity contribution in [1.82, 2.24) is 5.32 Å². The van der Waals surface area contributed by atoms with E-state index in [9.17, 15) is 14.9 Å². The highest BCUT2D eigenvalue weighted by atomic mass is 32.2. The maximum atomic E-state index is 11.3. The molecule has 2 heterocycles. The van der Waals surface area contributed by atoms with Crippen molar-refractivity contribution in [2.45, 2.75) is 43.7 Å². The van der Waals surface area contributed by atoms with Crippen LogP contribution in [0.3, 0.4) is 0 Å². The zero-order valence-corrected chi connectivity index (χ0v) is 11.0. The standard InChI is InChI=1S/C11H20BNO3S/c1-12(16)5-2-3-11-4-6-17-8(11)7-13-9(11)10(14)15/h8-9,13,16H,2-7H2,1H3,(H,14,15). The minimum Gasteiger partial charge on any atom is -0.480 e. The zero-order valence-electron chi connectivity index (χ0n) is 10.2. The number of rotatable bonds is 5. The minimum atomic E-state index is -0.716. The van der Waals surface area contributed by atoms with E-state index >= 15 is 0 Å². The van der Waals surface area contributed by atoms with Crippen molar-refractivity contribution < 1.29 is 14.9 Å². The molecule has 2 aliphatic heterocycles. The molecule has 3 atom stereocenters. The number of carbonyl (C=O) groups is 1. The largest absolute Gasteiger partial charge is 0.480 e. The van der Waals surface area contributed by atoms with Gasteiger partial charge in [0.15, 0.2) is 0 Å². The quantitative estimate of drug-likeness (QED) is 0.639. The van der Waals surface area contributed by atoms with Crippen LogP contribution in [0.5, 0.6) is 0 Å². The van der Waals surface area contributed by atoms with Crippen LogP contribution in [-0.2, 0) is 4.79 Å². The van der Waals surface area contributed by atoms with Crippen molar-refractivity contribution in [3.8, 4) is 0 Å².